The molecule has 3 aliphatic rings. The largest absolute Gasteiger partial charge is 0.379 e. The van der Waals surface area contributed by atoms with Crippen molar-refractivity contribution in [1.29, 1.82) is 0 Å². The molecule has 26 heavy (non-hydrogen) atoms. The summed E-state index contributed by atoms with van der Waals surface area (Å²) in [5, 5.41) is 6.75. The predicted octanol–water partition coefficient (Wildman–Crippen LogP) is 0.792. The molecular weight excluding hydrogens is 330 g/mol. The summed E-state index contributed by atoms with van der Waals surface area (Å²) in [5.41, 5.74) is 0.685. The quantitative estimate of drug-likeness (QED) is 0.829. The Labute approximate surface area is 155 Å². The lowest BCUT2D eigenvalue weighted by Gasteiger charge is -2.40. The molecule has 0 saturated carbocycles. The summed E-state index contributed by atoms with van der Waals surface area (Å²) in [5.74, 6) is 0.952. The number of nitrogens with one attached hydrogen (secondary N) is 2. The smallest absolute Gasteiger partial charge is 0.255 e. The zero-order chi connectivity index (χ0) is 17.8. The fourth-order valence-electron chi connectivity index (χ4n) is 4.15. The molecule has 2 N–H and O–H groups in total. The Hall–Kier alpha value is -1.70. The number of anilines is 1. The molecular formula is C19H29N5O2. The number of aromatic nitrogens is 1. The van der Waals surface area contributed by atoms with Crippen LogP contribution in [0.2, 0.25) is 0 Å². The number of rotatable bonds is 4. The summed E-state index contributed by atoms with van der Waals surface area (Å²) in [6.07, 6.45) is 4.92. The first-order chi connectivity index (χ1) is 12.8. The molecule has 0 radical (unpaired) electrons. The van der Waals surface area contributed by atoms with Crippen LogP contribution in [0, 0.1) is 0 Å². The maximum absolute atomic E-state index is 12.8. The third kappa shape index (κ3) is 4.16. The summed E-state index contributed by atoms with van der Waals surface area (Å²) in [4.78, 5) is 21.7. The van der Waals surface area contributed by atoms with Gasteiger partial charge < -0.3 is 20.3 Å². The van der Waals surface area contributed by atoms with Gasteiger partial charge in [0.25, 0.3) is 5.91 Å². The van der Waals surface area contributed by atoms with Gasteiger partial charge in [-0.3, -0.25) is 9.69 Å². The maximum atomic E-state index is 12.8. The normalized spacial score (nSPS) is 25.4. The van der Waals surface area contributed by atoms with E-state index in [2.05, 4.69) is 20.5 Å². The molecule has 7 nitrogen and oxygen atoms in total. The second-order valence-corrected chi connectivity index (χ2v) is 7.44. The van der Waals surface area contributed by atoms with Crippen LogP contribution in [0.4, 0.5) is 5.82 Å². The lowest BCUT2D eigenvalue weighted by atomic mass is 10.0. The molecule has 4 rings (SSSR count). The first-order valence-corrected chi connectivity index (χ1v) is 9.84. The number of likely N-dealkylation sites (tertiary alicyclic amines) is 1. The molecule has 4 heterocycles. The van der Waals surface area contributed by atoms with Gasteiger partial charge in [0.15, 0.2) is 0 Å². The molecule has 0 aliphatic carbocycles. The van der Waals surface area contributed by atoms with Gasteiger partial charge in [-0.25, -0.2) is 4.98 Å². The van der Waals surface area contributed by atoms with Gasteiger partial charge in [0.1, 0.15) is 5.82 Å². The highest BCUT2D eigenvalue weighted by molar-refractivity contribution is 5.94. The second-order valence-electron chi connectivity index (χ2n) is 7.44. The van der Waals surface area contributed by atoms with Crippen LogP contribution in [0.25, 0.3) is 0 Å². The molecule has 1 unspecified atom stereocenters. The van der Waals surface area contributed by atoms with E-state index in [1.165, 1.54) is 0 Å². The Morgan fingerprint density at radius 2 is 1.96 bits per heavy atom. The lowest BCUT2D eigenvalue weighted by Crippen LogP contribution is -2.50. The monoisotopic (exact) mass is 359 g/mol. The number of ether oxygens (including phenoxy) is 1. The summed E-state index contributed by atoms with van der Waals surface area (Å²) in [7, 11) is 0. The Balaban J connectivity index is 1.28. The summed E-state index contributed by atoms with van der Waals surface area (Å²) in [6, 6.07) is 4.84. The van der Waals surface area contributed by atoms with Gasteiger partial charge in [-0.05, 0) is 37.9 Å². The first-order valence-electron chi connectivity index (χ1n) is 9.84. The van der Waals surface area contributed by atoms with Crippen LogP contribution in [0.15, 0.2) is 18.3 Å². The number of morpholine rings is 1. The molecule has 3 saturated heterocycles. The molecule has 0 spiro atoms. The van der Waals surface area contributed by atoms with Crippen molar-refractivity contribution in [1.82, 2.24) is 20.1 Å². The molecule has 142 valence electrons. The molecule has 1 aromatic rings. The zero-order valence-electron chi connectivity index (χ0n) is 15.3. The summed E-state index contributed by atoms with van der Waals surface area (Å²) in [6.45, 7) is 7.39. The Morgan fingerprint density at radius 3 is 2.62 bits per heavy atom. The van der Waals surface area contributed by atoms with Gasteiger partial charge >= 0.3 is 0 Å². The van der Waals surface area contributed by atoms with Crippen molar-refractivity contribution < 1.29 is 9.53 Å². The van der Waals surface area contributed by atoms with Gasteiger partial charge in [0.2, 0.25) is 0 Å². The van der Waals surface area contributed by atoms with Crippen LogP contribution in [0.1, 0.15) is 29.6 Å². The minimum absolute atomic E-state index is 0.104. The predicted molar refractivity (Wildman–Crippen MR) is 100 cm³/mol. The summed E-state index contributed by atoms with van der Waals surface area (Å²) >= 11 is 0. The van der Waals surface area contributed by atoms with Gasteiger partial charge in [-0.15, -0.1) is 0 Å². The van der Waals surface area contributed by atoms with Crippen LogP contribution in [0.3, 0.4) is 0 Å². The molecule has 7 heteroatoms. The van der Waals surface area contributed by atoms with Gasteiger partial charge in [-0.1, -0.05) is 0 Å². The minimum atomic E-state index is 0.104. The van der Waals surface area contributed by atoms with E-state index in [-0.39, 0.29) is 5.91 Å². The fraction of sp³-hybridized carbons (Fsp3) is 0.684. The third-order valence-corrected chi connectivity index (χ3v) is 5.74. The molecule has 0 bridgehead atoms. The fourth-order valence-corrected chi connectivity index (χ4v) is 4.15. The van der Waals surface area contributed by atoms with E-state index in [0.717, 1.165) is 77.6 Å². The molecule has 1 atom stereocenters. The highest BCUT2D eigenvalue weighted by Gasteiger charge is 2.28. The molecule has 3 fully saturated rings. The minimum Gasteiger partial charge on any atom is -0.379 e. The van der Waals surface area contributed by atoms with Crippen molar-refractivity contribution in [3.8, 4) is 0 Å². The van der Waals surface area contributed by atoms with Gasteiger partial charge in [0.05, 0.1) is 18.8 Å². The maximum Gasteiger partial charge on any atom is 0.255 e. The number of hydrogen-bond donors (Lipinski definition) is 2. The Morgan fingerprint density at radius 1 is 1.15 bits per heavy atom. The Bertz CT molecular complexity index is 588. The van der Waals surface area contributed by atoms with Crippen molar-refractivity contribution in [3.63, 3.8) is 0 Å². The average molecular weight is 359 g/mol. The number of carbonyl (C=O) groups is 1. The first kappa shape index (κ1) is 17.7. The van der Waals surface area contributed by atoms with Crippen molar-refractivity contribution in [2.75, 3.05) is 57.8 Å². The number of carbonyl (C=O) groups excluding carboxylic acids is 1. The van der Waals surface area contributed by atoms with Crippen LogP contribution in [-0.2, 0) is 4.74 Å². The number of nitrogens with zero attached hydrogens (tertiary/aromatic N) is 3. The van der Waals surface area contributed by atoms with Crippen molar-refractivity contribution in [3.05, 3.63) is 23.9 Å². The topological polar surface area (TPSA) is 69.7 Å². The molecule has 0 aromatic carbocycles. The van der Waals surface area contributed by atoms with E-state index in [1.54, 1.807) is 6.20 Å². The second kappa shape index (κ2) is 8.33. The standard InChI is InChI=1S/C19H29N5O2/c25-19(15-1-2-18(21-13-15)22-16-3-6-20-14-16)24-7-4-17(5-8-24)23-9-11-26-12-10-23/h1-2,13,16-17,20H,3-12,14H2,(H,21,22). The van der Waals surface area contributed by atoms with Crippen LogP contribution < -0.4 is 10.6 Å². The van der Waals surface area contributed by atoms with Crippen LogP contribution >= 0.6 is 0 Å². The SMILES string of the molecule is O=C(c1ccc(NC2CCNC2)nc1)N1CCC(N2CCOCC2)CC1. The lowest BCUT2D eigenvalue weighted by molar-refractivity contribution is 0.00158. The van der Waals surface area contributed by atoms with E-state index in [9.17, 15) is 4.79 Å². The van der Waals surface area contributed by atoms with Crippen LogP contribution in [0.5, 0.6) is 0 Å². The highest BCUT2D eigenvalue weighted by Crippen LogP contribution is 2.20. The molecule has 1 amide bonds. The average Bonchev–Trinajstić information content (AvgIpc) is 3.22. The highest BCUT2D eigenvalue weighted by atomic mass is 16.5. The Kier molecular flexibility index (Phi) is 5.67. The number of amides is 1. The van der Waals surface area contributed by atoms with E-state index < -0.39 is 0 Å². The van der Waals surface area contributed by atoms with Crippen molar-refractivity contribution >= 4 is 11.7 Å². The summed E-state index contributed by atoms with van der Waals surface area (Å²) < 4.78 is 5.44. The van der Waals surface area contributed by atoms with E-state index in [4.69, 9.17) is 4.74 Å². The number of pyridine rings is 1. The van der Waals surface area contributed by atoms with Crippen molar-refractivity contribution in [2.24, 2.45) is 0 Å². The van der Waals surface area contributed by atoms with Crippen molar-refractivity contribution in [2.45, 2.75) is 31.3 Å². The molecule has 1 aromatic heterocycles. The molecule has 3 aliphatic heterocycles. The van der Waals surface area contributed by atoms with Gasteiger partial charge in [0, 0.05) is 51.0 Å². The van der Waals surface area contributed by atoms with E-state index in [1.807, 2.05) is 17.0 Å². The number of piperidine rings is 1. The van der Waals surface area contributed by atoms with Crippen LogP contribution in [-0.4, -0.2) is 85.3 Å². The zero-order valence-corrected chi connectivity index (χ0v) is 15.3. The third-order valence-electron chi connectivity index (χ3n) is 5.74. The van der Waals surface area contributed by atoms with E-state index >= 15 is 0 Å². The number of hydrogen-bond acceptors (Lipinski definition) is 6. The van der Waals surface area contributed by atoms with Gasteiger partial charge in [-0.2, -0.15) is 0 Å². The van der Waals surface area contributed by atoms with E-state index in [0.29, 0.717) is 17.6 Å².